The van der Waals surface area contributed by atoms with E-state index in [1.54, 1.807) is 0 Å². The first kappa shape index (κ1) is 15.9. The second-order valence-corrected chi connectivity index (χ2v) is 8.10. The average molecular weight is 324 g/mol. The first-order chi connectivity index (χ1) is 11.0. The molecule has 0 amide bonds. The van der Waals surface area contributed by atoms with Crippen LogP contribution in [0.5, 0.6) is 0 Å². The van der Waals surface area contributed by atoms with E-state index in [0.29, 0.717) is 11.8 Å². The van der Waals surface area contributed by atoms with E-state index in [2.05, 4.69) is 13.8 Å². The van der Waals surface area contributed by atoms with Crippen molar-refractivity contribution < 1.29 is 24.0 Å². The van der Waals surface area contributed by atoms with Crippen molar-refractivity contribution in [3.8, 4) is 0 Å². The van der Waals surface area contributed by atoms with E-state index >= 15 is 0 Å². The minimum Gasteiger partial charge on any atom is -0.432 e. The number of rotatable bonds is 3. The molecule has 1 aliphatic carbocycles. The van der Waals surface area contributed by atoms with E-state index in [1.807, 2.05) is 6.92 Å². The fraction of sp³-hybridized carbons (Fsp3) is 0.944. The lowest BCUT2D eigenvalue weighted by molar-refractivity contribution is -0.559. The summed E-state index contributed by atoms with van der Waals surface area (Å²) < 4.78 is 11.9. The van der Waals surface area contributed by atoms with E-state index in [-0.39, 0.29) is 17.8 Å². The molecule has 0 aromatic heterocycles. The molecule has 1 spiro atoms. The molecule has 5 heteroatoms. The van der Waals surface area contributed by atoms with Crippen molar-refractivity contribution in [1.82, 2.24) is 0 Å². The highest BCUT2D eigenvalue weighted by molar-refractivity contribution is 5.74. The Balaban J connectivity index is 1.74. The Morgan fingerprint density at radius 1 is 1.17 bits per heavy atom. The van der Waals surface area contributed by atoms with Crippen LogP contribution in [0.4, 0.5) is 0 Å². The normalized spacial score (nSPS) is 51.8. The fourth-order valence-corrected chi connectivity index (χ4v) is 5.36. The molecular formula is C18H28O5. The molecule has 5 rings (SSSR count). The molecule has 2 bridgehead atoms. The molecule has 1 saturated carbocycles. The third-order valence-electron chi connectivity index (χ3n) is 6.66. The summed E-state index contributed by atoms with van der Waals surface area (Å²) in [6.07, 6.45) is 6.28. The van der Waals surface area contributed by atoms with Gasteiger partial charge in [-0.05, 0) is 38.5 Å². The number of carbonyl (C=O) groups excluding carboxylic acids is 1. The first-order valence-corrected chi connectivity index (χ1v) is 9.25. The van der Waals surface area contributed by atoms with Crippen molar-refractivity contribution in [2.24, 2.45) is 23.7 Å². The van der Waals surface area contributed by atoms with E-state index in [4.69, 9.17) is 19.2 Å². The van der Waals surface area contributed by atoms with Crippen LogP contribution < -0.4 is 0 Å². The highest BCUT2D eigenvalue weighted by Crippen LogP contribution is 2.60. The average Bonchev–Trinajstić information content (AvgIpc) is 2.74. The summed E-state index contributed by atoms with van der Waals surface area (Å²) in [5.41, 5.74) is -0.611. The Morgan fingerprint density at radius 3 is 2.78 bits per heavy atom. The summed E-state index contributed by atoms with van der Waals surface area (Å²) in [5.74, 6) is 0.0126. The number of fused-ring (bicyclic) bond motifs is 2. The van der Waals surface area contributed by atoms with Gasteiger partial charge < -0.3 is 9.47 Å². The van der Waals surface area contributed by atoms with Gasteiger partial charge in [0.25, 0.3) is 0 Å². The Labute approximate surface area is 137 Å². The Kier molecular flexibility index (Phi) is 3.74. The maximum absolute atomic E-state index is 12.6. The van der Waals surface area contributed by atoms with Gasteiger partial charge in [-0.3, -0.25) is 4.79 Å². The van der Waals surface area contributed by atoms with Crippen LogP contribution in [-0.2, 0) is 24.0 Å². The molecule has 7 atom stereocenters. The predicted molar refractivity (Wildman–Crippen MR) is 81.9 cm³/mol. The summed E-state index contributed by atoms with van der Waals surface area (Å²) in [7, 11) is 0. The van der Waals surface area contributed by atoms with Crippen LogP contribution in [0.2, 0.25) is 0 Å². The third-order valence-corrected chi connectivity index (χ3v) is 6.66. The van der Waals surface area contributed by atoms with Gasteiger partial charge in [0, 0.05) is 18.3 Å². The van der Waals surface area contributed by atoms with Gasteiger partial charge in [0.15, 0.2) is 5.60 Å². The molecule has 4 aliphatic heterocycles. The Bertz CT molecular complexity index is 494. The Hall–Kier alpha value is -0.650. The quantitative estimate of drug-likeness (QED) is 0.587. The smallest absolute Gasteiger partial charge is 0.311 e. The number of carbonyl (C=O) groups is 1. The molecular weight excluding hydrogens is 296 g/mol. The van der Waals surface area contributed by atoms with Gasteiger partial charge in [-0.1, -0.05) is 26.7 Å². The second-order valence-electron chi connectivity index (χ2n) is 8.10. The van der Waals surface area contributed by atoms with Crippen molar-refractivity contribution in [3.63, 3.8) is 0 Å². The molecule has 0 radical (unpaired) electrons. The molecule has 23 heavy (non-hydrogen) atoms. The summed E-state index contributed by atoms with van der Waals surface area (Å²) >= 11 is 0. The SMILES string of the molecule is CCCC[C@H]1C(=O)O[C@@H]2O[C@@]3(C)CCC4[C@H](C)CC[C@@H]1[C@]42OO3. The van der Waals surface area contributed by atoms with Gasteiger partial charge in [0.05, 0.1) is 5.92 Å². The molecule has 1 unspecified atom stereocenters. The van der Waals surface area contributed by atoms with Crippen LogP contribution >= 0.6 is 0 Å². The topological polar surface area (TPSA) is 54.0 Å². The van der Waals surface area contributed by atoms with Crippen molar-refractivity contribution in [2.45, 2.75) is 83.4 Å². The number of hydrogen-bond acceptors (Lipinski definition) is 5. The summed E-state index contributed by atoms with van der Waals surface area (Å²) in [4.78, 5) is 24.4. The lowest BCUT2D eigenvalue weighted by Gasteiger charge is -2.58. The molecule has 130 valence electrons. The maximum atomic E-state index is 12.6. The number of esters is 1. The molecule has 0 aromatic rings. The lowest BCUT2D eigenvalue weighted by atomic mass is 9.57. The lowest BCUT2D eigenvalue weighted by Crippen LogP contribution is -2.70. The van der Waals surface area contributed by atoms with Crippen LogP contribution in [-0.4, -0.2) is 23.6 Å². The fourth-order valence-electron chi connectivity index (χ4n) is 5.36. The minimum atomic E-state index is -0.798. The summed E-state index contributed by atoms with van der Waals surface area (Å²) in [6.45, 7) is 6.32. The van der Waals surface area contributed by atoms with Crippen LogP contribution in [0.3, 0.4) is 0 Å². The van der Waals surface area contributed by atoms with Crippen molar-refractivity contribution in [2.75, 3.05) is 0 Å². The van der Waals surface area contributed by atoms with Crippen molar-refractivity contribution in [1.29, 1.82) is 0 Å². The first-order valence-electron chi connectivity index (χ1n) is 9.25. The highest BCUT2D eigenvalue weighted by atomic mass is 17.3. The van der Waals surface area contributed by atoms with Crippen molar-refractivity contribution in [3.05, 3.63) is 0 Å². The maximum Gasteiger partial charge on any atom is 0.311 e. The van der Waals surface area contributed by atoms with Gasteiger partial charge in [-0.15, -0.1) is 0 Å². The number of hydrogen-bond donors (Lipinski definition) is 0. The molecule has 4 heterocycles. The summed E-state index contributed by atoms with van der Waals surface area (Å²) in [5, 5.41) is 0. The largest absolute Gasteiger partial charge is 0.432 e. The zero-order valence-electron chi connectivity index (χ0n) is 14.4. The number of unbranched alkanes of at least 4 members (excludes halogenated alkanes) is 1. The third kappa shape index (κ3) is 2.19. The number of ether oxygens (including phenoxy) is 2. The highest BCUT2D eigenvalue weighted by Gasteiger charge is 2.70. The molecule has 5 aliphatic rings. The van der Waals surface area contributed by atoms with E-state index in [0.717, 1.165) is 44.9 Å². The monoisotopic (exact) mass is 324 g/mol. The van der Waals surface area contributed by atoms with Crippen molar-refractivity contribution >= 4 is 5.97 Å². The van der Waals surface area contributed by atoms with Crippen LogP contribution in [0.1, 0.15) is 65.7 Å². The standard InChI is InChI=1S/C18H28O5/c1-4-5-6-12-14-8-7-11(2)13-9-10-17(3)21-16(20-15(12)19)18(13,14)23-22-17/h11-14,16H,4-10H2,1-3H3/t11-,12-,13?,14+,16-,17-,18-/m1/s1. The van der Waals surface area contributed by atoms with Gasteiger partial charge in [-0.2, -0.15) is 0 Å². The van der Waals surface area contributed by atoms with E-state index in [1.165, 1.54) is 0 Å². The predicted octanol–water partition coefficient (Wildman–Crippen LogP) is 3.57. The van der Waals surface area contributed by atoms with E-state index in [9.17, 15) is 4.79 Å². The molecule has 5 fully saturated rings. The molecule has 0 N–H and O–H groups in total. The molecule has 4 saturated heterocycles. The Morgan fingerprint density at radius 2 is 2.00 bits per heavy atom. The molecule has 0 aromatic carbocycles. The van der Waals surface area contributed by atoms with Gasteiger partial charge in [-0.25, -0.2) is 9.78 Å². The van der Waals surface area contributed by atoms with Gasteiger partial charge >= 0.3 is 5.97 Å². The van der Waals surface area contributed by atoms with Gasteiger partial charge in [0.1, 0.15) is 0 Å². The zero-order valence-corrected chi connectivity index (χ0v) is 14.4. The minimum absolute atomic E-state index is 0.0872. The van der Waals surface area contributed by atoms with Crippen LogP contribution in [0, 0.1) is 23.7 Å². The second kappa shape index (κ2) is 5.43. The van der Waals surface area contributed by atoms with Gasteiger partial charge in [0.2, 0.25) is 12.1 Å². The van der Waals surface area contributed by atoms with E-state index < -0.39 is 17.7 Å². The zero-order chi connectivity index (χ0) is 16.2. The van der Waals surface area contributed by atoms with Crippen LogP contribution in [0.15, 0.2) is 0 Å². The van der Waals surface area contributed by atoms with Crippen LogP contribution in [0.25, 0.3) is 0 Å². The summed E-state index contributed by atoms with van der Waals surface area (Å²) in [6, 6.07) is 0. The molecule has 5 nitrogen and oxygen atoms in total.